The molecular formula is C19H24FN3O4. The standard InChI is InChI=1S/C19H24FN3O4/c1-13(22-18(26)19(2,3)4)17(25)27-12-16(24)23(11-7-10-21)15-9-6-5-8-14(15)20/h5-6,8-9,13H,7,11-12H2,1-4H3,(H,22,26)/t13-/m1/s1. The first-order chi connectivity index (χ1) is 12.6. The van der Waals surface area contributed by atoms with E-state index in [0.29, 0.717) is 0 Å². The second-order valence-electron chi connectivity index (χ2n) is 6.96. The van der Waals surface area contributed by atoms with Crippen molar-refractivity contribution in [1.29, 1.82) is 5.26 Å². The molecule has 1 aromatic carbocycles. The molecule has 0 saturated carbocycles. The van der Waals surface area contributed by atoms with Crippen LogP contribution in [0.25, 0.3) is 0 Å². The minimum absolute atomic E-state index is 0.00267. The molecule has 0 unspecified atom stereocenters. The first-order valence-electron chi connectivity index (χ1n) is 8.47. The number of nitriles is 1. The first-order valence-corrected chi connectivity index (χ1v) is 8.47. The van der Waals surface area contributed by atoms with Crippen LogP contribution in [0, 0.1) is 22.6 Å². The Morgan fingerprint density at radius 3 is 2.48 bits per heavy atom. The van der Waals surface area contributed by atoms with Gasteiger partial charge >= 0.3 is 5.97 Å². The fourth-order valence-corrected chi connectivity index (χ4v) is 2.02. The van der Waals surface area contributed by atoms with Gasteiger partial charge in [-0.3, -0.25) is 9.59 Å². The number of para-hydroxylation sites is 1. The van der Waals surface area contributed by atoms with Gasteiger partial charge in [0.05, 0.1) is 18.2 Å². The minimum Gasteiger partial charge on any atom is -0.454 e. The summed E-state index contributed by atoms with van der Waals surface area (Å²) in [5, 5.41) is 11.3. The molecule has 27 heavy (non-hydrogen) atoms. The van der Waals surface area contributed by atoms with Crippen molar-refractivity contribution in [3.8, 4) is 6.07 Å². The van der Waals surface area contributed by atoms with Gasteiger partial charge in [0.1, 0.15) is 11.9 Å². The van der Waals surface area contributed by atoms with Gasteiger partial charge in [0.25, 0.3) is 5.91 Å². The number of carbonyl (C=O) groups excluding carboxylic acids is 3. The Morgan fingerprint density at radius 2 is 1.93 bits per heavy atom. The molecule has 1 aromatic rings. The summed E-state index contributed by atoms with van der Waals surface area (Å²) in [6.07, 6.45) is -0.00787. The zero-order chi connectivity index (χ0) is 20.6. The van der Waals surface area contributed by atoms with E-state index >= 15 is 0 Å². The first kappa shape index (κ1) is 22.1. The summed E-state index contributed by atoms with van der Waals surface area (Å²) in [4.78, 5) is 37.4. The molecule has 0 aliphatic carbocycles. The van der Waals surface area contributed by atoms with E-state index < -0.39 is 35.8 Å². The molecule has 0 saturated heterocycles. The SMILES string of the molecule is C[C@@H](NC(=O)C(C)(C)C)C(=O)OCC(=O)N(CCC#N)c1ccccc1F. The number of ether oxygens (including phenoxy) is 1. The number of esters is 1. The lowest BCUT2D eigenvalue weighted by molar-refractivity contribution is -0.151. The van der Waals surface area contributed by atoms with Gasteiger partial charge in [-0.25, -0.2) is 9.18 Å². The van der Waals surface area contributed by atoms with E-state index in [4.69, 9.17) is 10.00 Å². The van der Waals surface area contributed by atoms with Gasteiger partial charge in [0.2, 0.25) is 5.91 Å². The van der Waals surface area contributed by atoms with Gasteiger partial charge in [-0.1, -0.05) is 32.9 Å². The molecule has 7 nitrogen and oxygen atoms in total. The summed E-state index contributed by atoms with van der Waals surface area (Å²) in [5.74, 6) is -2.41. The van der Waals surface area contributed by atoms with Crippen LogP contribution in [0.3, 0.4) is 0 Å². The number of halogens is 1. The van der Waals surface area contributed by atoms with E-state index in [1.54, 1.807) is 26.8 Å². The highest BCUT2D eigenvalue weighted by Gasteiger charge is 2.27. The average Bonchev–Trinajstić information content (AvgIpc) is 2.60. The maximum Gasteiger partial charge on any atom is 0.328 e. The number of carbonyl (C=O) groups is 3. The molecular weight excluding hydrogens is 353 g/mol. The molecule has 2 amide bonds. The molecule has 1 atom stereocenters. The van der Waals surface area contributed by atoms with Crippen LogP contribution in [0.1, 0.15) is 34.1 Å². The fraction of sp³-hybridized carbons (Fsp3) is 0.474. The highest BCUT2D eigenvalue weighted by Crippen LogP contribution is 2.19. The van der Waals surface area contributed by atoms with Gasteiger partial charge in [0.15, 0.2) is 6.61 Å². The number of rotatable bonds is 7. The van der Waals surface area contributed by atoms with Crippen LogP contribution in [0.5, 0.6) is 0 Å². The molecule has 0 bridgehead atoms. The van der Waals surface area contributed by atoms with E-state index in [-0.39, 0.29) is 24.6 Å². The molecule has 0 aliphatic heterocycles. The Bertz CT molecular complexity index is 737. The predicted octanol–water partition coefficient (Wildman–Crippen LogP) is 2.17. The van der Waals surface area contributed by atoms with Crippen molar-refractivity contribution >= 4 is 23.5 Å². The Morgan fingerprint density at radius 1 is 1.30 bits per heavy atom. The van der Waals surface area contributed by atoms with Gasteiger partial charge in [-0.2, -0.15) is 5.26 Å². The van der Waals surface area contributed by atoms with Crippen molar-refractivity contribution in [1.82, 2.24) is 5.32 Å². The second-order valence-corrected chi connectivity index (χ2v) is 6.96. The molecule has 8 heteroatoms. The Labute approximate surface area is 158 Å². The van der Waals surface area contributed by atoms with Crippen molar-refractivity contribution in [3.63, 3.8) is 0 Å². The van der Waals surface area contributed by atoms with E-state index in [1.165, 1.54) is 25.1 Å². The van der Waals surface area contributed by atoms with Gasteiger partial charge in [-0.15, -0.1) is 0 Å². The Balaban J connectivity index is 2.74. The quantitative estimate of drug-likeness (QED) is 0.734. The topological polar surface area (TPSA) is 99.5 Å². The van der Waals surface area contributed by atoms with Crippen LogP contribution in [0.15, 0.2) is 24.3 Å². The van der Waals surface area contributed by atoms with Gasteiger partial charge < -0.3 is 15.0 Å². The van der Waals surface area contributed by atoms with Gasteiger partial charge in [0, 0.05) is 12.0 Å². The molecule has 0 fully saturated rings. The number of benzene rings is 1. The second kappa shape index (κ2) is 9.67. The largest absolute Gasteiger partial charge is 0.454 e. The maximum atomic E-state index is 14.0. The number of nitrogens with one attached hydrogen (secondary N) is 1. The lowest BCUT2D eigenvalue weighted by Gasteiger charge is -2.23. The number of nitrogens with zero attached hydrogens (tertiary/aromatic N) is 2. The highest BCUT2D eigenvalue weighted by molar-refractivity contribution is 5.96. The molecule has 0 aliphatic rings. The fourth-order valence-electron chi connectivity index (χ4n) is 2.02. The van der Waals surface area contributed by atoms with Crippen molar-refractivity contribution in [2.45, 2.75) is 40.2 Å². The average molecular weight is 377 g/mol. The number of amides is 2. The third-order valence-corrected chi connectivity index (χ3v) is 3.61. The highest BCUT2D eigenvalue weighted by atomic mass is 19.1. The van der Waals surface area contributed by atoms with E-state index in [1.807, 2.05) is 6.07 Å². The minimum atomic E-state index is -0.939. The van der Waals surface area contributed by atoms with Crippen LogP contribution in [0.4, 0.5) is 10.1 Å². The third-order valence-electron chi connectivity index (χ3n) is 3.61. The van der Waals surface area contributed by atoms with E-state index in [9.17, 15) is 18.8 Å². The van der Waals surface area contributed by atoms with Crippen molar-refractivity contribution in [3.05, 3.63) is 30.1 Å². The predicted molar refractivity (Wildman–Crippen MR) is 97.0 cm³/mol. The Hall–Kier alpha value is -2.95. The normalized spacial score (nSPS) is 11.9. The lowest BCUT2D eigenvalue weighted by atomic mass is 9.95. The molecule has 0 radical (unpaired) electrons. The molecule has 1 rings (SSSR count). The van der Waals surface area contributed by atoms with Crippen molar-refractivity contribution in [2.75, 3.05) is 18.1 Å². The zero-order valence-corrected chi connectivity index (χ0v) is 15.9. The van der Waals surface area contributed by atoms with Crippen LogP contribution in [0.2, 0.25) is 0 Å². The molecule has 0 heterocycles. The van der Waals surface area contributed by atoms with Crippen LogP contribution >= 0.6 is 0 Å². The summed E-state index contributed by atoms with van der Waals surface area (Å²) < 4.78 is 18.9. The number of anilines is 1. The molecule has 0 spiro atoms. The summed E-state index contributed by atoms with van der Waals surface area (Å²) in [6.45, 7) is 5.88. The summed E-state index contributed by atoms with van der Waals surface area (Å²) in [6, 6.07) is 6.58. The smallest absolute Gasteiger partial charge is 0.328 e. The summed E-state index contributed by atoms with van der Waals surface area (Å²) in [5.41, 5.74) is -0.675. The van der Waals surface area contributed by atoms with E-state index in [0.717, 1.165) is 4.90 Å². The molecule has 146 valence electrons. The van der Waals surface area contributed by atoms with Crippen LogP contribution in [-0.2, 0) is 19.1 Å². The summed E-state index contributed by atoms with van der Waals surface area (Å²) in [7, 11) is 0. The van der Waals surface area contributed by atoms with Crippen molar-refractivity contribution < 1.29 is 23.5 Å². The number of hydrogen-bond donors (Lipinski definition) is 1. The summed E-state index contributed by atoms with van der Waals surface area (Å²) >= 11 is 0. The molecule has 1 N–H and O–H groups in total. The molecule has 0 aromatic heterocycles. The zero-order valence-electron chi connectivity index (χ0n) is 15.9. The van der Waals surface area contributed by atoms with Crippen LogP contribution < -0.4 is 10.2 Å². The van der Waals surface area contributed by atoms with Gasteiger partial charge in [-0.05, 0) is 19.1 Å². The Kier molecular flexibility index (Phi) is 7.91. The van der Waals surface area contributed by atoms with Crippen LogP contribution in [-0.4, -0.2) is 37.0 Å². The lowest BCUT2D eigenvalue weighted by Crippen LogP contribution is -2.45. The van der Waals surface area contributed by atoms with E-state index in [2.05, 4.69) is 5.32 Å². The maximum absolute atomic E-state index is 14.0. The van der Waals surface area contributed by atoms with Crippen molar-refractivity contribution in [2.24, 2.45) is 5.41 Å². The number of hydrogen-bond acceptors (Lipinski definition) is 5. The third kappa shape index (κ3) is 6.70. The monoisotopic (exact) mass is 377 g/mol.